The molecule has 3 atom stereocenters. The van der Waals surface area contributed by atoms with E-state index in [2.05, 4.69) is 18.7 Å². The first-order valence-electron chi connectivity index (χ1n) is 6.40. The fraction of sp³-hybridized carbons (Fsp3) is 0.571. The molecule has 0 aliphatic carbocycles. The first-order valence-corrected chi connectivity index (χ1v) is 6.40. The molecule has 3 N–H and O–H groups in total. The van der Waals surface area contributed by atoms with Gasteiger partial charge in [-0.1, -0.05) is 26.0 Å². The van der Waals surface area contributed by atoms with E-state index in [4.69, 9.17) is 5.73 Å². The zero-order valence-electron chi connectivity index (χ0n) is 10.6. The van der Waals surface area contributed by atoms with E-state index in [1.165, 1.54) is 5.56 Å². The molecule has 1 aromatic rings. The van der Waals surface area contributed by atoms with Gasteiger partial charge in [-0.3, -0.25) is 4.90 Å². The van der Waals surface area contributed by atoms with Crippen LogP contribution < -0.4 is 5.73 Å². The maximum absolute atomic E-state index is 9.33. The van der Waals surface area contributed by atoms with Gasteiger partial charge < -0.3 is 10.8 Å². The Bertz CT molecular complexity index is 353. The van der Waals surface area contributed by atoms with Crippen molar-refractivity contribution in [1.82, 2.24) is 4.90 Å². The van der Waals surface area contributed by atoms with Crippen molar-refractivity contribution in [1.29, 1.82) is 0 Å². The van der Waals surface area contributed by atoms with E-state index in [0.717, 1.165) is 19.5 Å². The quantitative estimate of drug-likeness (QED) is 0.842. The van der Waals surface area contributed by atoms with Crippen LogP contribution in [0.4, 0.5) is 0 Å². The van der Waals surface area contributed by atoms with Gasteiger partial charge in [-0.25, -0.2) is 0 Å². The molecule has 1 aliphatic heterocycles. The van der Waals surface area contributed by atoms with E-state index in [0.29, 0.717) is 23.8 Å². The molecular weight excluding hydrogens is 212 g/mol. The third-order valence-corrected chi connectivity index (χ3v) is 3.80. The highest BCUT2D eigenvalue weighted by Gasteiger charge is 2.31. The number of nitrogens with zero attached hydrogens (tertiary/aromatic N) is 1. The first-order chi connectivity index (χ1) is 8.11. The van der Waals surface area contributed by atoms with Crippen LogP contribution >= 0.6 is 0 Å². The van der Waals surface area contributed by atoms with Gasteiger partial charge in [0.2, 0.25) is 0 Å². The molecule has 17 heavy (non-hydrogen) atoms. The third kappa shape index (κ3) is 2.61. The number of likely N-dealkylation sites (tertiary alicyclic amines) is 1. The van der Waals surface area contributed by atoms with E-state index in [1.807, 2.05) is 12.1 Å². The van der Waals surface area contributed by atoms with Crippen LogP contribution in [0.25, 0.3) is 0 Å². The van der Waals surface area contributed by atoms with E-state index in [1.54, 1.807) is 12.1 Å². The number of phenolic OH excluding ortho intramolecular Hbond substituents is 1. The van der Waals surface area contributed by atoms with E-state index in [-0.39, 0.29) is 0 Å². The lowest BCUT2D eigenvalue weighted by Gasteiger charge is -2.27. The number of hydrogen-bond acceptors (Lipinski definition) is 3. The van der Waals surface area contributed by atoms with Crippen molar-refractivity contribution in [3.05, 3.63) is 29.8 Å². The van der Waals surface area contributed by atoms with Gasteiger partial charge in [0.1, 0.15) is 5.75 Å². The molecule has 0 radical (unpaired) electrons. The molecule has 0 bridgehead atoms. The van der Waals surface area contributed by atoms with Gasteiger partial charge in [-0.2, -0.15) is 0 Å². The Labute approximate surface area is 103 Å². The van der Waals surface area contributed by atoms with Gasteiger partial charge in [0.15, 0.2) is 0 Å². The molecular formula is C14H22N2O. The predicted octanol–water partition coefficient (Wildman–Crippen LogP) is 2.12. The second-order valence-electron chi connectivity index (χ2n) is 5.11. The second-order valence-corrected chi connectivity index (χ2v) is 5.11. The SMILES string of the molecule is CCC(c1ccc(O)cc1)N1CC(C)C(N)C1. The standard InChI is InChI=1S/C14H22N2O/c1-3-14(11-4-6-12(17)7-5-11)16-8-10(2)13(15)9-16/h4-7,10,13-14,17H,3,8-9,15H2,1-2H3. The van der Waals surface area contributed by atoms with Gasteiger partial charge in [-0.05, 0) is 30.0 Å². The average Bonchev–Trinajstić information content (AvgIpc) is 2.63. The molecule has 1 aliphatic rings. The number of nitrogens with two attached hydrogens (primary N) is 1. The second kappa shape index (κ2) is 5.07. The molecule has 1 saturated heterocycles. The first kappa shape index (κ1) is 12.4. The summed E-state index contributed by atoms with van der Waals surface area (Å²) < 4.78 is 0. The Morgan fingerprint density at radius 2 is 2.00 bits per heavy atom. The Morgan fingerprint density at radius 3 is 2.47 bits per heavy atom. The molecule has 3 nitrogen and oxygen atoms in total. The number of phenols is 1. The van der Waals surface area contributed by atoms with Crippen molar-refractivity contribution in [3.8, 4) is 5.75 Å². The van der Waals surface area contributed by atoms with E-state index < -0.39 is 0 Å². The fourth-order valence-electron chi connectivity index (χ4n) is 2.69. The largest absolute Gasteiger partial charge is 0.508 e. The Morgan fingerprint density at radius 1 is 1.35 bits per heavy atom. The van der Waals surface area contributed by atoms with Crippen molar-refractivity contribution in [3.63, 3.8) is 0 Å². The van der Waals surface area contributed by atoms with E-state index in [9.17, 15) is 5.11 Å². The Kier molecular flexibility index (Phi) is 3.69. The van der Waals surface area contributed by atoms with Crippen molar-refractivity contribution >= 4 is 0 Å². The van der Waals surface area contributed by atoms with Crippen LogP contribution in [0.5, 0.6) is 5.75 Å². The summed E-state index contributed by atoms with van der Waals surface area (Å²) in [5, 5.41) is 9.33. The number of aromatic hydroxyl groups is 1. The fourth-order valence-corrected chi connectivity index (χ4v) is 2.69. The van der Waals surface area contributed by atoms with E-state index >= 15 is 0 Å². The molecule has 0 amide bonds. The highest BCUT2D eigenvalue weighted by Crippen LogP contribution is 2.30. The maximum atomic E-state index is 9.33. The zero-order valence-corrected chi connectivity index (χ0v) is 10.6. The topological polar surface area (TPSA) is 49.5 Å². The van der Waals surface area contributed by atoms with Gasteiger partial charge in [0.25, 0.3) is 0 Å². The molecule has 0 saturated carbocycles. The summed E-state index contributed by atoms with van der Waals surface area (Å²) in [6.45, 7) is 6.46. The van der Waals surface area contributed by atoms with Crippen LogP contribution in [0.1, 0.15) is 31.9 Å². The Balaban J connectivity index is 2.14. The van der Waals surface area contributed by atoms with Gasteiger partial charge in [0.05, 0.1) is 0 Å². The summed E-state index contributed by atoms with van der Waals surface area (Å²) >= 11 is 0. The van der Waals surface area contributed by atoms with Crippen LogP contribution in [-0.4, -0.2) is 29.1 Å². The molecule has 3 unspecified atom stereocenters. The van der Waals surface area contributed by atoms with Crippen LogP contribution in [0.3, 0.4) is 0 Å². The van der Waals surface area contributed by atoms with Crippen LogP contribution in [-0.2, 0) is 0 Å². The monoisotopic (exact) mass is 234 g/mol. The lowest BCUT2D eigenvalue weighted by molar-refractivity contribution is 0.231. The lowest BCUT2D eigenvalue weighted by atomic mass is 10.0. The number of rotatable bonds is 3. The van der Waals surface area contributed by atoms with Gasteiger partial charge in [-0.15, -0.1) is 0 Å². The molecule has 1 aromatic carbocycles. The zero-order chi connectivity index (χ0) is 12.4. The molecule has 1 fully saturated rings. The number of benzene rings is 1. The maximum Gasteiger partial charge on any atom is 0.115 e. The summed E-state index contributed by atoms with van der Waals surface area (Å²) in [4.78, 5) is 2.46. The molecule has 2 rings (SSSR count). The average molecular weight is 234 g/mol. The number of hydrogen-bond donors (Lipinski definition) is 2. The van der Waals surface area contributed by atoms with Crippen LogP contribution in [0.2, 0.25) is 0 Å². The highest BCUT2D eigenvalue weighted by molar-refractivity contribution is 5.28. The molecule has 0 spiro atoms. The minimum Gasteiger partial charge on any atom is -0.508 e. The van der Waals surface area contributed by atoms with Crippen molar-refractivity contribution in [2.45, 2.75) is 32.4 Å². The van der Waals surface area contributed by atoms with Crippen molar-refractivity contribution in [2.24, 2.45) is 11.7 Å². The summed E-state index contributed by atoms with van der Waals surface area (Å²) in [5.41, 5.74) is 7.35. The van der Waals surface area contributed by atoms with Crippen LogP contribution in [0, 0.1) is 5.92 Å². The predicted molar refractivity (Wildman–Crippen MR) is 69.9 cm³/mol. The summed E-state index contributed by atoms with van der Waals surface area (Å²) in [6.07, 6.45) is 1.07. The molecule has 0 aromatic heterocycles. The molecule has 3 heteroatoms. The van der Waals surface area contributed by atoms with Crippen molar-refractivity contribution in [2.75, 3.05) is 13.1 Å². The highest BCUT2D eigenvalue weighted by atomic mass is 16.3. The third-order valence-electron chi connectivity index (χ3n) is 3.80. The van der Waals surface area contributed by atoms with Gasteiger partial charge in [0, 0.05) is 25.2 Å². The minimum atomic E-state index is 0.293. The summed E-state index contributed by atoms with van der Waals surface area (Å²) in [7, 11) is 0. The lowest BCUT2D eigenvalue weighted by Crippen LogP contribution is -2.30. The van der Waals surface area contributed by atoms with Crippen molar-refractivity contribution < 1.29 is 5.11 Å². The normalized spacial score (nSPS) is 27.2. The minimum absolute atomic E-state index is 0.293. The molecule has 1 heterocycles. The Hall–Kier alpha value is -1.06. The van der Waals surface area contributed by atoms with Crippen LogP contribution in [0.15, 0.2) is 24.3 Å². The smallest absolute Gasteiger partial charge is 0.115 e. The van der Waals surface area contributed by atoms with Gasteiger partial charge >= 0.3 is 0 Å². The summed E-state index contributed by atoms with van der Waals surface area (Å²) in [6, 6.07) is 8.26. The molecule has 94 valence electrons. The summed E-state index contributed by atoms with van der Waals surface area (Å²) in [5.74, 6) is 0.899.